The molecule has 0 aliphatic rings. The van der Waals surface area contributed by atoms with Crippen LogP contribution in [0.25, 0.3) is 17.2 Å². The van der Waals surface area contributed by atoms with Gasteiger partial charge in [0.2, 0.25) is 0 Å². The van der Waals surface area contributed by atoms with E-state index in [1.54, 1.807) is 30.5 Å². The number of H-pyrrole nitrogens is 1. The summed E-state index contributed by atoms with van der Waals surface area (Å²) < 4.78 is 1.83. The summed E-state index contributed by atoms with van der Waals surface area (Å²) in [6.45, 7) is 0. The molecule has 0 radical (unpaired) electrons. The van der Waals surface area contributed by atoms with E-state index in [1.165, 1.54) is 6.07 Å². The van der Waals surface area contributed by atoms with Crippen molar-refractivity contribution in [3.05, 3.63) is 72.1 Å². The standard InChI is InChI=1S/C17H12N4O2/c22-14-6-2-1-5-12(14)16(23)11-9-13(18-10-11)17-20-19-15-7-3-4-8-21(15)17/h1-10,18,22H. The lowest BCUT2D eigenvalue weighted by atomic mass is 10.0. The minimum atomic E-state index is -0.251. The second-order valence-corrected chi connectivity index (χ2v) is 5.10. The molecule has 112 valence electrons. The number of aromatic nitrogens is 4. The van der Waals surface area contributed by atoms with Gasteiger partial charge in [0.05, 0.1) is 11.3 Å². The van der Waals surface area contributed by atoms with Gasteiger partial charge in [-0.1, -0.05) is 18.2 Å². The average molecular weight is 304 g/mol. The normalized spacial score (nSPS) is 11.0. The molecule has 3 aromatic heterocycles. The first-order chi connectivity index (χ1) is 11.2. The Morgan fingerprint density at radius 1 is 1.09 bits per heavy atom. The third-order valence-electron chi connectivity index (χ3n) is 3.65. The lowest BCUT2D eigenvalue weighted by molar-refractivity contribution is 0.103. The highest BCUT2D eigenvalue weighted by Gasteiger charge is 2.17. The Morgan fingerprint density at radius 2 is 1.91 bits per heavy atom. The van der Waals surface area contributed by atoms with Crippen LogP contribution in [-0.2, 0) is 0 Å². The number of carbonyl (C=O) groups is 1. The first kappa shape index (κ1) is 13.3. The van der Waals surface area contributed by atoms with Crippen LogP contribution >= 0.6 is 0 Å². The highest BCUT2D eigenvalue weighted by molar-refractivity contribution is 6.11. The summed E-state index contributed by atoms with van der Waals surface area (Å²) >= 11 is 0. The van der Waals surface area contributed by atoms with Crippen LogP contribution in [0.4, 0.5) is 0 Å². The van der Waals surface area contributed by atoms with E-state index in [0.717, 1.165) is 5.65 Å². The zero-order valence-corrected chi connectivity index (χ0v) is 12.0. The zero-order chi connectivity index (χ0) is 15.8. The van der Waals surface area contributed by atoms with Gasteiger partial charge in [0.1, 0.15) is 5.75 Å². The molecule has 0 fully saturated rings. The Hall–Kier alpha value is -3.41. The molecule has 3 heterocycles. The van der Waals surface area contributed by atoms with Gasteiger partial charge in [-0.3, -0.25) is 9.20 Å². The fourth-order valence-electron chi connectivity index (χ4n) is 2.50. The number of phenols is 1. The van der Waals surface area contributed by atoms with Crippen molar-refractivity contribution in [2.24, 2.45) is 0 Å². The molecule has 0 atom stereocenters. The van der Waals surface area contributed by atoms with Gasteiger partial charge in [0.15, 0.2) is 17.3 Å². The third kappa shape index (κ3) is 2.17. The van der Waals surface area contributed by atoms with Gasteiger partial charge in [-0.05, 0) is 30.3 Å². The van der Waals surface area contributed by atoms with Crippen molar-refractivity contribution >= 4 is 11.4 Å². The van der Waals surface area contributed by atoms with E-state index in [1.807, 2.05) is 28.8 Å². The molecule has 1 aromatic carbocycles. The van der Waals surface area contributed by atoms with Crippen LogP contribution in [0.2, 0.25) is 0 Å². The highest BCUT2D eigenvalue weighted by atomic mass is 16.3. The maximum atomic E-state index is 12.5. The van der Waals surface area contributed by atoms with Crippen LogP contribution in [0.1, 0.15) is 15.9 Å². The SMILES string of the molecule is O=C(c1c[nH]c(-c2nnc3ccccn23)c1)c1ccccc1O. The van der Waals surface area contributed by atoms with Crippen molar-refractivity contribution in [2.75, 3.05) is 0 Å². The van der Waals surface area contributed by atoms with Gasteiger partial charge in [0.25, 0.3) is 0 Å². The average Bonchev–Trinajstić information content (AvgIpc) is 3.21. The Balaban J connectivity index is 1.75. The first-order valence-electron chi connectivity index (χ1n) is 7.05. The number of para-hydroxylation sites is 1. The molecule has 6 heteroatoms. The van der Waals surface area contributed by atoms with Crippen molar-refractivity contribution in [3.63, 3.8) is 0 Å². The Bertz CT molecular complexity index is 1020. The van der Waals surface area contributed by atoms with Crippen LogP contribution in [0.5, 0.6) is 5.75 Å². The predicted octanol–water partition coefficient (Wildman–Crippen LogP) is 2.66. The number of benzene rings is 1. The van der Waals surface area contributed by atoms with Crippen LogP contribution in [0.3, 0.4) is 0 Å². The Kier molecular flexibility index (Phi) is 2.94. The van der Waals surface area contributed by atoms with Gasteiger partial charge < -0.3 is 10.1 Å². The predicted molar refractivity (Wildman–Crippen MR) is 84.3 cm³/mol. The number of pyridine rings is 1. The number of carbonyl (C=O) groups excluding carboxylic acids is 1. The topological polar surface area (TPSA) is 83.3 Å². The summed E-state index contributed by atoms with van der Waals surface area (Å²) in [5, 5.41) is 18.1. The number of hydrogen-bond donors (Lipinski definition) is 2. The fourth-order valence-corrected chi connectivity index (χ4v) is 2.50. The molecular formula is C17H12N4O2. The summed E-state index contributed by atoms with van der Waals surface area (Å²) in [5.41, 5.74) is 2.13. The van der Waals surface area contributed by atoms with Crippen molar-refractivity contribution in [2.45, 2.75) is 0 Å². The van der Waals surface area contributed by atoms with E-state index in [2.05, 4.69) is 15.2 Å². The molecule has 0 aliphatic carbocycles. The summed E-state index contributed by atoms with van der Waals surface area (Å²) in [5.74, 6) is 0.338. The molecule has 0 saturated carbocycles. The number of phenolic OH excluding ortho intramolecular Hbond substituents is 1. The maximum absolute atomic E-state index is 12.5. The van der Waals surface area contributed by atoms with Crippen molar-refractivity contribution < 1.29 is 9.90 Å². The lowest BCUT2D eigenvalue weighted by Crippen LogP contribution is -1.99. The second-order valence-electron chi connectivity index (χ2n) is 5.10. The quantitative estimate of drug-likeness (QED) is 0.570. The highest BCUT2D eigenvalue weighted by Crippen LogP contribution is 2.23. The van der Waals surface area contributed by atoms with E-state index in [9.17, 15) is 9.90 Å². The molecule has 0 bridgehead atoms. The van der Waals surface area contributed by atoms with Gasteiger partial charge in [-0.15, -0.1) is 10.2 Å². The molecule has 0 unspecified atom stereocenters. The van der Waals surface area contributed by atoms with Crippen molar-refractivity contribution in [3.8, 4) is 17.3 Å². The molecule has 0 saturated heterocycles. The number of fused-ring (bicyclic) bond motifs is 1. The molecule has 0 aliphatic heterocycles. The fraction of sp³-hybridized carbons (Fsp3) is 0. The summed E-state index contributed by atoms with van der Waals surface area (Å²) in [6.07, 6.45) is 3.46. The van der Waals surface area contributed by atoms with Crippen molar-refractivity contribution in [1.29, 1.82) is 0 Å². The van der Waals surface area contributed by atoms with E-state index < -0.39 is 0 Å². The number of nitrogens with one attached hydrogen (secondary N) is 1. The van der Waals surface area contributed by atoms with E-state index in [4.69, 9.17) is 0 Å². The molecular weight excluding hydrogens is 292 g/mol. The Labute approximate surface area is 131 Å². The van der Waals surface area contributed by atoms with Gasteiger partial charge in [-0.2, -0.15) is 0 Å². The number of nitrogens with zero attached hydrogens (tertiary/aromatic N) is 3. The molecule has 4 aromatic rings. The minimum absolute atomic E-state index is 0.0341. The van der Waals surface area contributed by atoms with Crippen LogP contribution in [0.15, 0.2) is 60.9 Å². The Morgan fingerprint density at radius 3 is 2.78 bits per heavy atom. The van der Waals surface area contributed by atoms with Gasteiger partial charge in [0, 0.05) is 18.0 Å². The third-order valence-corrected chi connectivity index (χ3v) is 3.65. The summed E-state index contributed by atoms with van der Waals surface area (Å²) in [7, 11) is 0. The summed E-state index contributed by atoms with van der Waals surface area (Å²) in [4.78, 5) is 15.5. The monoisotopic (exact) mass is 304 g/mol. The first-order valence-corrected chi connectivity index (χ1v) is 7.05. The molecule has 6 nitrogen and oxygen atoms in total. The molecule has 4 rings (SSSR count). The second kappa shape index (κ2) is 5.10. The molecule has 0 amide bonds. The number of hydrogen-bond acceptors (Lipinski definition) is 4. The molecule has 23 heavy (non-hydrogen) atoms. The summed E-state index contributed by atoms with van der Waals surface area (Å²) in [6, 6.07) is 13.8. The maximum Gasteiger partial charge on any atom is 0.198 e. The minimum Gasteiger partial charge on any atom is -0.507 e. The zero-order valence-electron chi connectivity index (χ0n) is 12.0. The number of aromatic hydroxyl groups is 1. The number of aromatic amines is 1. The number of rotatable bonds is 3. The van der Waals surface area contributed by atoms with Gasteiger partial charge in [-0.25, -0.2) is 0 Å². The van der Waals surface area contributed by atoms with E-state index >= 15 is 0 Å². The van der Waals surface area contributed by atoms with Gasteiger partial charge >= 0.3 is 0 Å². The lowest BCUT2D eigenvalue weighted by Gasteiger charge is -2.00. The smallest absolute Gasteiger partial charge is 0.198 e. The number of ketones is 1. The van der Waals surface area contributed by atoms with Crippen LogP contribution < -0.4 is 0 Å². The van der Waals surface area contributed by atoms with Crippen molar-refractivity contribution in [1.82, 2.24) is 19.6 Å². The largest absolute Gasteiger partial charge is 0.507 e. The van der Waals surface area contributed by atoms with Crippen LogP contribution in [-0.4, -0.2) is 30.5 Å². The van der Waals surface area contributed by atoms with E-state index in [-0.39, 0.29) is 17.1 Å². The molecule has 2 N–H and O–H groups in total. The molecule has 0 spiro atoms. The van der Waals surface area contributed by atoms with E-state index in [0.29, 0.717) is 17.1 Å². The van der Waals surface area contributed by atoms with Crippen LogP contribution in [0, 0.1) is 0 Å².